The number of rotatable bonds is 8. The third-order valence-corrected chi connectivity index (χ3v) is 6.21. The van der Waals surface area contributed by atoms with Crippen molar-refractivity contribution >= 4 is 23.3 Å². The van der Waals surface area contributed by atoms with Crippen LogP contribution in [-0.2, 0) is 24.4 Å². The minimum absolute atomic E-state index is 0.0727. The van der Waals surface area contributed by atoms with Crippen molar-refractivity contribution in [1.29, 1.82) is 0 Å². The Kier molecular flexibility index (Phi) is 7.84. The predicted molar refractivity (Wildman–Crippen MR) is 131 cm³/mol. The molecule has 8 heteroatoms. The van der Waals surface area contributed by atoms with Gasteiger partial charge in [0.2, 0.25) is 0 Å². The topological polar surface area (TPSA) is 67.4 Å². The summed E-state index contributed by atoms with van der Waals surface area (Å²) in [5, 5.41) is 7.23. The highest BCUT2D eigenvalue weighted by molar-refractivity contribution is 7.14. The standard InChI is InChI=1S/C27H22F2N2O3S/c28-21-11-10-20(24(29)14-21)16-30-26(32)23-12-13-35-25(23)22-9-5-4-8-19(22)15-31-27(33)34-17-18-6-2-1-3-7-18/h1-14H,15-17H2,(H,30,32)(H,31,33). The largest absolute Gasteiger partial charge is 0.445 e. The Labute approximate surface area is 205 Å². The summed E-state index contributed by atoms with van der Waals surface area (Å²) in [6.07, 6.45) is -0.547. The number of thiophene rings is 1. The second kappa shape index (κ2) is 11.4. The molecule has 4 rings (SSSR count). The van der Waals surface area contributed by atoms with Crippen LogP contribution in [0.1, 0.15) is 27.0 Å². The third-order valence-electron chi connectivity index (χ3n) is 5.26. The van der Waals surface area contributed by atoms with E-state index in [9.17, 15) is 18.4 Å². The molecule has 2 amide bonds. The molecule has 0 radical (unpaired) electrons. The molecule has 0 fully saturated rings. The normalized spacial score (nSPS) is 10.6. The molecule has 0 bridgehead atoms. The fourth-order valence-corrected chi connectivity index (χ4v) is 4.42. The molecule has 1 aromatic heterocycles. The van der Waals surface area contributed by atoms with Crippen molar-refractivity contribution in [2.75, 3.05) is 0 Å². The predicted octanol–water partition coefficient (Wildman–Crippen LogP) is 6.05. The average Bonchev–Trinajstić information content (AvgIpc) is 3.36. The molecule has 2 N–H and O–H groups in total. The van der Waals surface area contributed by atoms with E-state index in [1.165, 1.54) is 17.4 Å². The summed E-state index contributed by atoms with van der Waals surface area (Å²) >= 11 is 1.39. The summed E-state index contributed by atoms with van der Waals surface area (Å²) in [5.41, 5.74) is 3.11. The number of amides is 2. The van der Waals surface area contributed by atoms with Gasteiger partial charge in [-0.05, 0) is 34.2 Å². The van der Waals surface area contributed by atoms with Gasteiger partial charge < -0.3 is 15.4 Å². The molecule has 0 aliphatic rings. The van der Waals surface area contributed by atoms with Crippen LogP contribution in [0, 0.1) is 11.6 Å². The molecule has 0 saturated carbocycles. The lowest BCUT2D eigenvalue weighted by molar-refractivity contribution is 0.0951. The first-order chi connectivity index (χ1) is 17.0. The van der Waals surface area contributed by atoms with Gasteiger partial charge in [-0.1, -0.05) is 60.7 Å². The van der Waals surface area contributed by atoms with Crippen LogP contribution in [0.3, 0.4) is 0 Å². The first-order valence-corrected chi connectivity index (χ1v) is 11.7. The van der Waals surface area contributed by atoms with Gasteiger partial charge in [-0.2, -0.15) is 0 Å². The second-order valence-electron chi connectivity index (χ2n) is 7.65. The van der Waals surface area contributed by atoms with E-state index >= 15 is 0 Å². The zero-order valence-corrected chi connectivity index (χ0v) is 19.4. The Balaban J connectivity index is 1.41. The Morgan fingerprint density at radius 2 is 1.57 bits per heavy atom. The molecule has 178 valence electrons. The number of hydrogen-bond donors (Lipinski definition) is 2. The smallest absolute Gasteiger partial charge is 0.407 e. The molecular weight excluding hydrogens is 470 g/mol. The summed E-state index contributed by atoms with van der Waals surface area (Å²) in [6.45, 7) is 0.304. The minimum Gasteiger partial charge on any atom is -0.445 e. The van der Waals surface area contributed by atoms with Gasteiger partial charge in [0.05, 0.1) is 5.56 Å². The van der Waals surface area contributed by atoms with Gasteiger partial charge in [0, 0.05) is 29.6 Å². The van der Waals surface area contributed by atoms with Gasteiger partial charge in [-0.15, -0.1) is 11.3 Å². The van der Waals surface area contributed by atoms with Crippen molar-refractivity contribution in [2.24, 2.45) is 0 Å². The summed E-state index contributed by atoms with van der Waals surface area (Å²) in [4.78, 5) is 25.8. The Bertz CT molecular complexity index is 1330. The van der Waals surface area contributed by atoms with Crippen molar-refractivity contribution in [3.8, 4) is 10.4 Å². The summed E-state index contributed by atoms with van der Waals surface area (Å²) in [5.74, 6) is -1.77. The molecule has 0 aliphatic heterocycles. The van der Waals surface area contributed by atoms with Crippen LogP contribution in [0.25, 0.3) is 10.4 Å². The summed E-state index contributed by atoms with van der Waals surface area (Å²) in [7, 11) is 0. The van der Waals surface area contributed by atoms with Crippen LogP contribution in [0.5, 0.6) is 0 Å². The Morgan fingerprint density at radius 1 is 0.829 bits per heavy atom. The third kappa shape index (κ3) is 6.30. The molecule has 4 aromatic rings. The maximum Gasteiger partial charge on any atom is 0.407 e. The molecule has 0 unspecified atom stereocenters. The average molecular weight is 493 g/mol. The van der Waals surface area contributed by atoms with Crippen LogP contribution in [0.15, 0.2) is 84.2 Å². The first-order valence-electron chi connectivity index (χ1n) is 10.8. The molecule has 3 aromatic carbocycles. The minimum atomic E-state index is -0.716. The first kappa shape index (κ1) is 24.1. The Morgan fingerprint density at radius 3 is 2.37 bits per heavy atom. The number of alkyl carbamates (subject to hydrolysis) is 1. The molecule has 0 spiro atoms. The monoisotopic (exact) mass is 492 g/mol. The van der Waals surface area contributed by atoms with E-state index < -0.39 is 17.7 Å². The van der Waals surface area contributed by atoms with Gasteiger partial charge in [0.1, 0.15) is 18.2 Å². The number of nitrogens with one attached hydrogen (secondary N) is 2. The van der Waals surface area contributed by atoms with Crippen LogP contribution in [-0.4, -0.2) is 12.0 Å². The lowest BCUT2D eigenvalue weighted by Gasteiger charge is -2.12. The number of hydrogen-bond acceptors (Lipinski definition) is 4. The molecular formula is C27H22F2N2O3S. The van der Waals surface area contributed by atoms with Gasteiger partial charge in [0.15, 0.2) is 0 Å². The number of benzene rings is 3. The van der Waals surface area contributed by atoms with E-state index in [4.69, 9.17) is 4.74 Å². The van der Waals surface area contributed by atoms with Crippen molar-refractivity contribution in [2.45, 2.75) is 19.7 Å². The molecule has 0 saturated heterocycles. The van der Waals surface area contributed by atoms with E-state index in [1.54, 1.807) is 11.4 Å². The number of ether oxygens (including phenoxy) is 1. The van der Waals surface area contributed by atoms with Crippen molar-refractivity contribution in [3.05, 3.63) is 118 Å². The van der Waals surface area contributed by atoms with Crippen LogP contribution < -0.4 is 10.6 Å². The van der Waals surface area contributed by atoms with Crippen molar-refractivity contribution < 1.29 is 23.1 Å². The van der Waals surface area contributed by atoms with E-state index in [0.29, 0.717) is 5.56 Å². The summed E-state index contributed by atoms with van der Waals surface area (Å²) < 4.78 is 32.3. The van der Waals surface area contributed by atoms with Crippen LogP contribution >= 0.6 is 11.3 Å². The van der Waals surface area contributed by atoms with Crippen molar-refractivity contribution in [1.82, 2.24) is 10.6 Å². The van der Waals surface area contributed by atoms with Gasteiger partial charge in [-0.3, -0.25) is 4.79 Å². The fraction of sp³-hybridized carbons (Fsp3) is 0.111. The van der Waals surface area contributed by atoms with Gasteiger partial charge in [0.25, 0.3) is 5.91 Å². The lowest BCUT2D eigenvalue weighted by Crippen LogP contribution is -2.24. The maximum atomic E-state index is 13.9. The highest BCUT2D eigenvalue weighted by Gasteiger charge is 2.17. The summed E-state index contributed by atoms with van der Waals surface area (Å²) in [6, 6.07) is 21.7. The fourth-order valence-electron chi connectivity index (χ4n) is 3.47. The number of carbonyl (C=O) groups excluding carboxylic acids is 2. The molecule has 35 heavy (non-hydrogen) atoms. The molecule has 5 nitrogen and oxygen atoms in total. The SMILES string of the molecule is O=C(NCc1ccccc1-c1sccc1C(=O)NCc1ccc(F)cc1F)OCc1ccccc1. The zero-order valence-electron chi connectivity index (χ0n) is 18.6. The van der Waals surface area contributed by atoms with E-state index in [-0.39, 0.29) is 31.2 Å². The van der Waals surface area contributed by atoms with E-state index in [0.717, 1.165) is 33.7 Å². The van der Waals surface area contributed by atoms with Gasteiger partial charge in [-0.25, -0.2) is 13.6 Å². The maximum absolute atomic E-state index is 13.9. The number of halogens is 2. The van der Waals surface area contributed by atoms with Crippen LogP contribution in [0.4, 0.5) is 13.6 Å². The quantitative estimate of drug-likeness (QED) is 0.315. The second-order valence-corrected chi connectivity index (χ2v) is 8.57. The zero-order chi connectivity index (χ0) is 24.6. The highest BCUT2D eigenvalue weighted by Crippen LogP contribution is 2.32. The molecule has 0 aliphatic carbocycles. The van der Waals surface area contributed by atoms with E-state index in [1.807, 2.05) is 54.6 Å². The lowest BCUT2D eigenvalue weighted by atomic mass is 10.0. The molecule has 0 atom stereocenters. The number of carbonyl (C=O) groups is 2. The van der Waals surface area contributed by atoms with Gasteiger partial charge >= 0.3 is 6.09 Å². The molecule has 1 heterocycles. The van der Waals surface area contributed by atoms with Crippen LogP contribution in [0.2, 0.25) is 0 Å². The van der Waals surface area contributed by atoms with Crippen molar-refractivity contribution in [3.63, 3.8) is 0 Å². The Hall–Kier alpha value is -4.04. The highest BCUT2D eigenvalue weighted by atomic mass is 32.1. The van der Waals surface area contributed by atoms with E-state index in [2.05, 4.69) is 10.6 Å².